The van der Waals surface area contributed by atoms with Gasteiger partial charge < -0.3 is 54.6 Å². The topological polar surface area (TPSA) is 191 Å². The van der Waals surface area contributed by atoms with Crippen LogP contribution in [0.3, 0.4) is 0 Å². The number of quaternary nitrogens is 1. The molecule has 3 saturated heterocycles. The van der Waals surface area contributed by atoms with Crippen LogP contribution < -0.4 is 10.4 Å². The van der Waals surface area contributed by atoms with Crippen LogP contribution in [-0.2, 0) is 19.0 Å². The number of hydrogen-bond donors (Lipinski definition) is 5. The van der Waals surface area contributed by atoms with Gasteiger partial charge >= 0.3 is 0 Å². The summed E-state index contributed by atoms with van der Waals surface area (Å²) in [5.74, 6) is 1.22. The SMILES string of the molecule is CC(CC=CC1CCCCC1)C1C[NH2+]CC2(O)C(OC3CCC4C(C3)[OH+]CC(C3CCC(O)CC3)C4O)OC(C(=O)[O-])C(O)C2OCSSCC1C1=C[CH+]N=C1. The summed E-state index contributed by atoms with van der Waals surface area (Å²) in [7, 11) is 3.15. The Kier molecular flexibility index (Phi) is 15.3. The third kappa shape index (κ3) is 10.1. The number of aliphatic hydroxyl groups is 6. The summed E-state index contributed by atoms with van der Waals surface area (Å²) in [4.78, 5) is 16.8. The van der Waals surface area contributed by atoms with Crippen molar-refractivity contribution in [2.75, 3.05) is 31.4 Å². The lowest BCUT2D eigenvalue weighted by molar-refractivity contribution is -0.681. The Morgan fingerprint density at radius 1 is 1.11 bits per heavy atom. The zero-order chi connectivity index (χ0) is 39.2. The van der Waals surface area contributed by atoms with Gasteiger partial charge in [0.1, 0.15) is 42.9 Å². The second-order valence-corrected chi connectivity index (χ2v) is 20.3. The van der Waals surface area contributed by atoms with Gasteiger partial charge in [0.25, 0.3) is 0 Å². The molecule has 4 heterocycles. The van der Waals surface area contributed by atoms with Gasteiger partial charge in [-0.25, -0.2) is 0 Å². The summed E-state index contributed by atoms with van der Waals surface area (Å²) in [5, 5.41) is 60.0. The molecule has 0 bridgehead atoms. The highest BCUT2D eigenvalue weighted by molar-refractivity contribution is 8.76. The molecule has 0 spiro atoms. The summed E-state index contributed by atoms with van der Waals surface area (Å²) in [6.07, 6.45) is 14.0. The lowest BCUT2D eigenvalue weighted by Gasteiger charge is -2.50. The Labute approximate surface area is 340 Å². The number of allylic oxidation sites excluding steroid dienone is 3. The van der Waals surface area contributed by atoms with Gasteiger partial charge in [-0.2, -0.15) is 0 Å². The van der Waals surface area contributed by atoms with Gasteiger partial charge in [0.05, 0.1) is 54.7 Å². The number of carbonyl (C=O) groups is 1. The van der Waals surface area contributed by atoms with E-state index in [2.05, 4.69) is 35.5 Å². The molecule has 7 rings (SSSR count). The van der Waals surface area contributed by atoms with E-state index in [1.165, 1.54) is 48.5 Å². The number of carboxylic acids is 1. The Morgan fingerprint density at radius 3 is 2.66 bits per heavy atom. The standard InChI is InChI=1S/C42H64N2O10S2/c1-25(6-5-9-26-7-3-2-4-8-26)32-20-44-23-42(50)39(52-24-56-55-22-34(32)28-16-17-43-19-28)37(47)38(40(48)49)54-41(42)53-30-14-15-31-35(18-30)51-21-33(36(31)46)27-10-12-29(45)13-11-27/h5,9,16-17,19,25-27,29-39,41,44-47,50H,2-4,6-8,10-15,18,20-24H2,1H3/p+2. The van der Waals surface area contributed by atoms with Crippen molar-refractivity contribution < 1.29 is 54.6 Å². The molecule has 0 amide bonds. The van der Waals surface area contributed by atoms with E-state index >= 15 is 0 Å². The van der Waals surface area contributed by atoms with Gasteiger partial charge in [0.2, 0.25) is 0 Å². The van der Waals surface area contributed by atoms with Crippen molar-refractivity contribution in [1.29, 1.82) is 0 Å². The monoisotopic (exact) mass is 822 g/mol. The van der Waals surface area contributed by atoms with E-state index in [0.29, 0.717) is 50.2 Å². The summed E-state index contributed by atoms with van der Waals surface area (Å²) < 4.78 is 23.8. The normalized spacial score (nSPS) is 43.7. The van der Waals surface area contributed by atoms with Crippen LogP contribution in [0.1, 0.15) is 90.4 Å². The maximum atomic E-state index is 12.7. The molecule has 314 valence electrons. The molecule has 4 aliphatic heterocycles. The number of aliphatic imine (C=N–C) groups is 1. The highest BCUT2D eigenvalue weighted by atomic mass is 33.1. The largest absolute Gasteiger partial charge is 0.547 e. The molecule has 14 heteroatoms. The molecule has 12 nitrogen and oxygen atoms in total. The number of rotatable bonds is 9. The van der Waals surface area contributed by atoms with Crippen LogP contribution in [0.5, 0.6) is 0 Å². The molecule has 0 aromatic heterocycles. The number of nitrogens with two attached hydrogens (primary N) is 1. The van der Waals surface area contributed by atoms with Gasteiger partial charge in [0, 0.05) is 18.1 Å². The lowest BCUT2D eigenvalue weighted by Crippen LogP contribution is -2.93. The predicted molar refractivity (Wildman–Crippen MR) is 214 cm³/mol. The molecule has 7 N–H and O–H groups in total. The number of fused-ring (bicyclic) bond motifs is 2. The van der Waals surface area contributed by atoms with Crippen LogP contribution in [0.4, 0.5) is 0 Å². The summed E-state index contributed by atoms with van der Waals surface area (Å²) in [5.41, 5.74) is -0.695. The van der Waals surface area contributed by atoms with Crippen molar-refractivity contribution in [2.24, 2.45) is 46.4 Å². The summed E-state index contributed by atoms with van der Waals surface area (Å²) in [6, 6.07) is 0. The zero-order valence-electron chi connectivity index (χ0n) is 32.9. The minimum Gasteiger partial charge on any atom is -0.547 e. The van der Waals surface area contributed by atoms with Crippen LogP contribution in [0.25, 0.3) is 0 Å². The van der Waals surface area contributed by atoms with Crippen LogP contribution in [0.15, 0.2) is 28.8 Å². The smallest absolute Gasteiger partial charge is 0.195 e. The Hall–Kier alpha value is -1.17. The van der Waals surface area contributed by atoms with Crippen molar-refractivity contribution in [3.63, 3.8) is 0 Å². The highest BCUT2D eigenvalue weighted by Crippen LogP contribution is 2.44. The molecule has 13 atom stereocenters. The molecular formula is C42H66N2O10S2+2. The van der Waals surface area contributed by atoms with E-state index in [-0.39, 0.29) is 48.4 Å². The number of carbonyl (C=O) groups excluding carboxylic acids is 1. The van der Waals surface area contributed by atoms with Gasteiger partial charge in [0.15, 0.2) is 30.8 Å². The molecule has 7 aliphatic rings. The minimum atomic E-state index is -1.89. The fraction of sp³-hybridized carbons (Fsp3) is 0.833. The maximum Gasteiger partial charge on any atom is 0.195 e. The van der Waals surface area contributed by atoms with Gasteiger partial charge in [-0.3, -0.25) is 0 Å². The van der Waals surface area contributed by atoms with Crippen LogP contribution in [-0.4, -0.2) is 123 Å². The predicted octanol–water partition coefficient (Wildman–Crippen LogP) is 2.05. The number of nitrogens with zero attached hydrogens (tertiary/aromatic N) is 1. The molecule has 0 radical (unpaired) electrons. The lowest BCUT2D eigenvalue weighted by atomic mass is 9.69. The Morgan fingerprint density at radius 2 is 1.91 bits per heavy atom. The molecule has 3 aliphatic carbocycles. The maximum absolute atomic E-state index is 12.7. The quantitative estimate of drug-likeness (QED) is 0.0991. The average molecular weight is 823 g/mol. The Balaban J connectivity index is 1.06. The zero-order valence-corrected chi connectivity index (χ0v) is 34.5. The molecule has 56 heavy (non-hydrogen) atoms. The highest BCUT2D eigenvalue weighted by Gasteiger charge is 2.60. The first-order valence-electron chi connectivity index (χ1n) is 21.5. The molecule has 0 aromatic carbocycles. The van der Waals surface area contributed by atoms with Crippen molar-refractivity contribution >= 4 is 33.8 Å². The van der Waals surface area contributed by atoms with E-state index in [1.54, 1.807) is 10.8 Å². The van der Waals surface area contributed by atoms with Gasteiger partial charge in [-0.05, 0) is 75.5 Å². The number of hydrogen-bond acceptors (Lipinski definition) is 12. The molecule has 3 saturated carbocycles. The number of ether oxygens (including phenoxy) is 4. The third-order valence-electron chi connectivity index (χ3n) is 14.3. The second-order valence-electron chi connectivity index (χ2n) is 17.8. The Bertz CT molecular complexity index is 1370. The minimum absolute atomic E-state index is 0.00381. The van der Waals surface area contributed by atoms with Crippen molar-refractivity contribution in [2.45, 2.75) is 145 Å². The van der Waals surface area contributed by atoms with Crippen LogP contribution >= 0.6 is 21.6 Å². The number of aliphatic hydroxyl groups excluding tert-OH is 3. The van der Waals surface area contributed by atoms with E-state index in [4.69, 9.17) is 18.9 Å². The fourth-order valence-electron chi connectivity index (χ4n) is 10.9. The second kappa shape index (κ2) is 19.9. The summed E-state index contributed by atoms with van der Waals surface area (Å²) >= 11 is 0. The van der Waals surface area contributed by atoms with Crippen LogP contribution in [0, 0.1) is 48.0 Å². The van der Waals surface area contributed by atoms with E-state index in [9.17, 15) is 30.3 Å². The molecule has 13 unspecified atom stereocenters. The number of carboxylic acid groups (broad SMARTS) is 1. The average Bonchev–Trinajstić information content (AvgIpc) is 3.73. The molecule has 6 fully saturated rings. The molecule has 0 aromatic rings. The number of aliphatic carboxylic acids is 1. The van der Waals surface area contributed by atoms with Gasteiger partial charge in [-0.1, -0.05) is 59.9 Å². The first-order valence-corrected chi connectivity index (χ1v) is 24.0. The van der Waals surface area contributed by atoms with E-state index < -0.39 is 48.4 Å². The summed E-state index contributed by atoms with van der Waals surface area (Å²) in [6.45, 7) is 5.46. The van der Waals surface area contributed by atoms with E-state index in [0.717, 1.165) is 37.9 Å². The van der Waals surface area contributed by atoms with Crippen LogP contribution in [0.2, 0.25) is 0 Å². The van der Waals surface area contributed by atoms with Crippen molar-refractivity contribution in [1.82, 2.24) is 0 Å². The van der Waals surface area contributed by atoms with E-state index in [1.807, 2.05) is 12.8 Å². The first kappa shape index (κ1) is 42.9. The first-order chi connectivity index (χ1) is 27.1. The fourth-order valence-corrected chi connectivity index (χ4v) is 13.0. The van der Waals surface area contributed by atoms with Crippen molar-refractivity contribution in [3.05, 3.63) is 30.3 Å². The van der Waals surface area contributed by atoms with Gasteiger partial charge in [-0.15, -0.1) is 4.99 Å². The molecular weight excluding hydrogens is 757 g/mol. The third-order valence-corrected chi connectivity index (χ3v) is 16.4. The van der Waals surface area contributed by atoms with Crippen molar-refractivity contribution in [3.8, 4) is 0 Å².